The first-order chi connectivity index (χ1) is 11.0. The molecule has 2 aromatic rings. The van der Waals surface area contributed by atoms with Gasteiger partial charge in [0.1, 0.15) is 0 Å². The summed E-state index contributed by atoms with van der Waals surface area (Å²) in [6, 6.07) is 8.85. The van der Waals surface area contributed by atoms with Gasteiger partial charge in [-0.2, -0.15) is 0 Å². The lowest BCUT2D eigenvalue weighted by Crippen LogP contribution is -2.31. The van der Waals surface area contributed by atoms with Crippen LogP contribution in [-0.2, 0) is 4.79 Å². The maximum absolute atomic E-state index is 12.2. The van der Waals surface area contributed by atoms with Gasteiger partial charge in [-0.05, 0) is 23.8 Å². The van der Waals surface area contributed by atoms with Crippen molar-refractivity contribution in [2.75, 3.05) is 7.11 Å². The van der Waals surface area contributed by atoms with Crippen molar-refractivity contribution >= 4 is 23.5 Å². The molecule has 2 N–H and O–H groups in total. The minimum Gasteiger partial charge on any atom is -0.481 e. The highest BCUT2D eigenvalue weighted by atomic mass is 35.5. The van der Waals surface area contributed by atoms with E-state index in [0.717, 1.165) is 0 Å². The van der Waals surface area contributed by atoms with Crippen LogP contribution in [0.4, 0.5) is 0 Å². The number of hydrogen-bond acceptors (Lipinski definition) is 5. The number of nitrogens with one attached hydrogen (secondary N) is 1. The van der Waals surface area contributed by atoms with Crippen molar-refractivity contribution in [2.45, 2.75) is 12.5 Å². The van der Waals surface area contributed by atoms with E-state index in [1.165, 1.54) is 19.2 Å². The van der Waals surface area contributed by atoms with E-state index in [-0.39, 0.29) is 18.0 Å². The highest BCUT2D eigenvalue weighted by Gasteiger charge is 2.20. The molecule has 0 saturated heterocycles. The molecule has 2 rings (SSSR count). The molecule has 1 atom stereocenters. The van der Waals surface area contributed by atoms with E-state index in [4.69, 9.17) is 21.4 Å². The van der Waals surface area contributed by atoms with Gasteiger partial charge in [-0.25, -0.2) is 0 Å². The second kappa shape index (κ2) is 7.55. The Hall–Kier alpha value is -2.67. The number of carboxylic acids is 1. The molecule has 1 amide bonds. The first kappa shape index (κ1) is 16.7. The van der Waals surface area contributed by atoms with Gasteiger partial charge in [-0.15, -0.1) is 10.2 Å². The Labute approximate surface area is 137 Å². The Morgan fingerprint density at radius 2 is 2.09 bits per heavy atom. The highest BCUT2D eigenvalue weighted by molar-refractivity contribution is 6.30. The number of carboxylic acid groups (broad SMARTS) is 1. The van der Waals surface area contributed by atoms with Gasteiger partial charge in [0.25, 0.3) is 5.91 Å². The molecule has 1 aromatic heterocycles. The minimum atomic E-state index is -1.05. The molecule has 0 aliphatic heterocycles. The molecule has 120 valence electrons. The van der Waals surface area contributed by atoms with E-state index in [9.17, 15) is 9.59 Å². The van der Waals surface area contributed by atoms with E-state index in [2.05, 4.69) is 15.5 Å². The lowest BCUT2D eigenvalue weighted by molar-refractivity contribution is -0.137. The van der Waals surface area contributed by atoms with Crippen molar-refractivity contribution in [3.8, 4) is 5.88 Å². The number of aromatic nitrogens is 2. The highest BCUT2D eigenvalue weighted by Crippen LogP contribution is 2.21. The van der Waals surface area contributed by atoms with Crippen molar-refractivity contribution in [3.63, 3.8) is 0 Å². The van der Waals surface area contributed by atoms with Gasteiger partial charge in [0.15, 0.2) is 5.69 Å². The number of carbonyl (C=O) groups is 2. The molecule has 1 aromatic carbocycles. The number of aliphatic carboxylic acids is 1. The topological polar surface area (TPSA) is 101 Å². The van der Waals surface area contributed by atoms with Gasteiger partial charge in [-0.1, -0.05) is 23.7 Å². The van der Waals surface area contributed by atoms with Gasteiger partial charge in [-0.3, -0.25) is 9.59 Å². The van der Waals surface area contributed by atoms with E-state index < -0.39 is 17.9 Å². The molecule has 8 heteroatoms. The molecule has 0 aliphatic carbocycles. The number of ether oxygens (including phenoxy) is 1. The van der Waals surface area contributed by atoms with Crippen molar-refractivity contribution in [1.29, 1.82) is 0 Å². The summed E-state index contributed by atoms with van der Waals surface area (Å²) in [6.45, 7) is 0. The third-order valence-electron chi connectivity index (χ3n) is 3.02. The second-order valence-corrected chi connectivity index (χ2v) is 5.08. The third kappa shape index (κ3) is 4.65. The normalized spacial score (nSPS) is 11.6. The average Bonchev–Trinajstić information content (AvgIpc) is 2.54. The summed E-state index contributed by atoms with van der Waals surface area (Å²) in [5.41, 5.74) is 0.651. The van der Waals surface area contributed by atoms with E-state index in [0.29, 0.717) is 10.6 Å². The zero-order valence-corrected chi connectivity index (χ0v) is 12.9. The van der Waals surface area contributed by atoms with Crippen LogP contribution in [0.1, 0.15) is 28.5 Å². The van der Waals surface area contributed by atoms with E-state index in [1.54, 1.807) is 24.3 Å². The Morgan fingerprint density at radius 1 is 1.30 bits per heavy atom. The molecule has 23 heavy (non-hydrogen) atoms. The number of benzene rings is 1. The lowest BCUT2D eigenvalue weighted by Gasteiger charge is -2.17. The monoisotopic (exact) mass is 335 g/mol. The second-order valence-electron chi connectivity index (χ2n) is 4.64. The average molecular weight is 336 g/mol. The summed E-state index contributed by atoms with van der Waals surface area (Å²) in [7, 11) is 1.44. The van der Waals surface area contributed by atoms with Gasteiger partial charge in [0.05, 0.1) is 19.6 Å². The molecule has 0 bridgehead atoms. The Morgan fingerprint density at radius 3 is 2.65 bits per heavy atom. The lowest BCUT2D eigenvalue weighted by atomic mass is 10.0. The smallest absolute Gasteiger partial charge is 0.305 e. The van der Waals surface area contributed by atoms with Crippen LogP contribution >= 0.6 is 11.6 Å². The van der Waals surface area contributed by atoms with Crippen molar-refractivity contribution in [3.05, 3.63) is 52.7 Å². The van der Waals surface area contributed by atoms with Crippen LogP contribution in [0.15, 0.2) is 36.4 Å². The molecular weight excluding hydrogens is 322 g/mol. The summed E-state index contributed by atoms with van der Waals surface area (Å²) < 4.78 is 4.87. The Kier molecular flexibility index (Phi) is 5.48. The fraction of sp³-hybridized carbons (Fsp3) is 0.200. The molecule has 0 radical (unpaired) electrons. The van der Waals surface area contributed by atoms with Crippen LogP contribution in [0, 0.1) is 0 Å². The molecule has 1 heterocycles. The van der Waals surface area contributed by atoms with Gasteiger partial charge in [0, 0.05) is 11.1 Å². The van der Waals surface area contributed by atoms with Crippen LogP contribution in [0.25, 0.3) is 0 Å². The Bertz CT molecular complexity index is 706. The summed E-state index contributed by atoms with van der Waals surface area (Å²) in [5.74, 6) is -1.30. The maximum atomic E-state index is 12.2. The molecule has 0 saturated carbocycles. The molecular formula is C15H14ClN3O4. The zero-order chi connectivity index (χ0) is 16.8. The molecule has 0 aliphatic rings. The predicted molar refractivity (Wildman–Crippen MR) is 82.5 cm³/mol. The van der Waals surface area contributed by atoms with Crippen molar-refractivity contribution in [1.82, 2.24) is 15.5 Å². The number of carbonyl (C=O) groups excluding carboxylic acids is 1. The third-order valence-corrected chi connectivity index (χ3v) is 3.25. The summed E-state index contributed by atoms with van der Waals surface area (Å²) >= 11 is 5.92. The molecule has 0 spiro atoms. The SMILES string of the molecule is COc1ccc(C(=O)NC(CC(=O)O)c2cccc(Cl)c2)nn1. The van der Waals surface area contributed by atoms with Crippen LogP contribution in [-0.4, -0.2) is 34.3 Å². The number of halogens is 1. The zero-order valence-electron chi connectivity index (χ0n) is 12.2. The van der Waals surface area contributed by atoms with Gasteiger partial charge < -0.3 is 15.2 Å². The number of nitrogens with zero attached hydrogens (tertiary/aromatic N) is 2. The van der Waals surface area contributed by atoms with E-state index in [1.807, 2.05) is 0 Å². The first-order valence-electron chi connectivity index (χ1n) is 6.65. The quantitative estimate of drug-likeness (QED) is 0.838. The minimum absolute atomic E-state index is 0.0585. The fourth-order valence-corrected chi connectivity index (χ4v) is 2.13. The number of hydrogen-bond donors (Lipinski definition) is 2. The molecule has 1 unspecified atom stereocenters. The first-order valence-corrected chi connectivity index (χ1v) is 7.03. The maximum Gasteiger partial charge on any atom is 0.305 e. The summed E-state index contributed by atoms with van der Waals surface area (Å²) in [6.07, 6.45) is -0.282. The predicted octanol–water partition coefficient (Wildman–Crippen LogP) is 2.08. The van der Waals surface area contributed by atoms with Gasteiger partial charge >= 0.3 is 5.97 Å². The number of methoxy groups -OCH3 is 1. The summed E-state index contributed by atoms with van der Waals surface area (Å²) in [5, 5.41) is 19.6. The largest absolute Gasteiger partial charge is 0.481 e. The fourth-order valence-electron chi connectivity index (χ4n) is 1.93. The number of amides is 1. The molecule has 0 fully saturated rings. The molecule has 7 nitrogen and oxygen atoms in total. The van der Waals surface area contributed by atoms with Crippen molar-refractivity contribution in [2.24, 2.45) is 0 Å². The van der Waals surface area contributed by atoms with Gasteiger partial charge in [0.2, 0.25) is 5.88 Å². The standard InChI is InChI=1S/C15H14ClN3O4/c1-23-13-6-5-11(18-19-13)15(22)17-12(8-14(20)21)9-3-2-4-10(16)7-9/h2-7,12H,8H2,1H3,(H,17,22)(H,20,21). The van der Waals surface area contributed by atoms with Crippen LogP contribution in [0.5, 0.6) is 5.88 Å². The number of rotatable bonds is 6. The summed E-state index contributed by atoms with van der Waals surface area (Å²) in [4.78, 5) is 23.3. The van der Waals surface area contributed by atoms with E-state index >= 15 is 0 Å². The Balaban J connectivity index is 2.19. The van der Waals surface area contributed by atoms with Crippen LogP contribution in [0.2, 0.25) is 5.02 Å². The van der Waals surface area contributed by atoms with Crippen LogP contribution in [0.3, 0.4) is 0 Å². The van der Waals surface area contributed by atoms with Crippen LogP contribution < -0.4 is 10.1 Å². The van der Waals surface area contributed by atoms with Crippen molar-refractivity contribution < 1.29 is 19.4 Å².